The van der Waals surface area contributed by atoms with Crippen molar-refractivity contribution < 1.29 is 9.59 Å². The van der Waals surface area contributed by atoms with Gasteiger partial charge >= 0.3 is 0 Å². The van der Waals surface area contributed by atoms with Gasteiger partial charge in [0.05, 0.1) is 18.9 Å². The molecule has 0 aliphatic carbocycles. The Morgan fingerprint density at radius 1 is 1.25 bits per heavy atom. The zero-order valence-electron chi connectivity index (χ0n) is 12.3. The van der Waals surface area contributed by atoms with Crippen molar-refractivity contribution in [2.45, 2.75) is 33.2 Å². The Balaban J connectivity index is 2.54. The van der Waals surface area contributed by atoms with Gasteiger partial charge in [0, 0.05) is 12.1 Å². The summed E-state index contributed by atoms with van der Waals surface area (Å²) >= 11 is 0. The smallest absolute Gasteiger partial charge is 0.272 e. The Kier molecular flexibility index (Phi) is 5.42. The van der Waals surface area contributed by atoms with Crippen LogP contribution in [0.1, 0.15) is 38.2 Å². The van der Waals surface area contributed by atoms with Crippen LogP contribution in [0, 0.1) is 0 Å². The van der Waals surface area contributed by atoms with Crippen molar-refractivity contribution in [1.82, 2.24) is 20.6 Å². The molecule has 0 saturated carbocycles. The lowest BCUT2D eigenvalue weighted by atomic mass is 10.1. The quantitative estimate of drug-likeness (QED) is 0.731. The molecule has 1 aromatic rings. The van der Waals surface area contributed by atoms with Gasteiger partial charge in [-0.15, -0.1) is 0 Å². The zero-order valence-corrected chi connectivity index (χ0v) is 12.3. The van der Waals surface area contributed by atoms with Gasteiger partial charge in [-0.1, -0.05) is 0 Å². The minimum absolute atomic E-state index is 0.0940. The van der Waals surface area contributed by atoms with Gasteiger partial charge < -0.3 is 16.0 Å². The molecule has 0 spiro atoms. The monoisotopic (exact) mass is 279 g/mol. The van der Waals surface area contributed by atoms with Gasteiger partial charge in [0.1, 0.15) is 11.5 Å². The molecule has 0 fully saturated rings. The van der Waals surface area contributed by atoms with Crippen molar-refractivity contribution in [3.05, 3.63) is 18.1 Å². The number of anilines is 1. The molecule has 1 heterocycles. The second-order valence-corrected chi connectivity index (χ2v) is 5.30. The number of nitrogens with zero attached hydrogens (tertiary/aromatic N) is 2. The molecular weight excluding hydrogens is 258 g/mol. The summed E-state index contributed by atoms with van der Waals surface area (Å²) in [5.74, 6) is -0.151. The number of nitrogens with one attached hydrogen (secondary N) is 3. The van der Waals surface area contributed by atoms with E-state index in [-0.39, 0.29) is 23.7 Å². The van der Waals surface area contributed by atoms with Gasteiger partial charge in [-0.25, -0.2) is 4.98 Å². The minimum Gasteiger partial charge on any atom is -0.369 e. The number of hydrogen-bond acceptors (Lipinski definition) is 5. The second kappa shape index (κ2) is 6.83. The fourth-order valence-corrected chi connectivity index (χ4v) is 1.46. The van der Waals surface area contributed by atoms with E-state index in [2.05, 4.69) is 25.9 Å². The van der Waals surface area contributed by atoms with Crippen molar-refractivity contribution >= 4 is 17.6 Å². The zero-order chi connectivity index (χ0) is 15.2. The summed E-state index contributed by atoms with van der Waals surface area (Å²) in [6.07, 6.45) is 2.89. The molecule has 1 rings (SSSR count). The van der Waals surface area contributed by atoms with E-state index in [1.54, 1.807) is 0 Å². The van der Waals surface area contributed by atoms with Gasteiger partial charge in [-0.3, -0.25) is 14.6 Å². The molecular formula is C13H21N5O2. The highest BCUT2D eigenvalue weighted by molar-refractivity contribution is 5.94. The molecule has 0 radical (unpaired) electrons. The Morgan fingerprint density at radius 2 is 1.95 bits per heavy atom. The molecule has 2 amide bonds. The maximum absolute atomic E-state index is 11.8. The molecule has 0 aliphatic heterocycles. The summed E-state index contributed by atoms with van der Waals surface area (Å²) in [5, 5.41) is 8.23. The third-order valence-electron chi connectivity index (χ3n) is 2.15. The molecule has 0 aliphatic rings. The molecule has 0 saturated heterocycles. The minimum atomic E-state index is -0.429. The predicted molar refractivity (Wildman–Crippen MR) is 76.4 cm³/mol. The fourth-order valence-electron chi connectivity index (χ4n) is 1.46. The normalized spacial score (nSPS) is 10.8. The Hall–Kier alpha value is -2.18. The maximum Gasteiger partial charge on any atom is 0.272 e. The van der Waals surface area contributed by atoms with Crippen LogP contribution in [-0.4, -0.2) is 40.4 Å². The van der Waals surface area contributed by atoms with E-state index >= 15 is 0 Å². The largest absolute Gasteiger partial charge is 0.369 e. The van der Waals surface area contributed by atoms with Gasteiger partial charge in [0.15, 0.2) is 0 Å². The van der Waals surface area contributed by atoms with Gasteiger partial charge in [0.25, 0.3) is 5.91 Å². The lowest BCUT2D eigenvalue weighted by Crippen LogP contribution is -2.45. The van der Waals surface area contributed by atoms with E-state index in [4.69, 9.17) is 0 Å². The molecule has 110 valence electrons. The molecule has 20 heavy (non-hydrogen) atoms. The molecule has 7 nitrogen and oxygen atoms in total. The van der Waals surface area contributed by atoms with Crippen LogP contribution in [0.3, 0.4) is 0 Å². The highest BCUT2D eigenvalue weighted by Gasteiger charge is 2.15. The summed E-state index contributed by atoms with van der Waals surface area (Å²) in [7, 11) is 0. The van der Waals surface area contributed by atoms with Crippen LogP contribution in [0.5, 0.6) is 0 Å². The third-order valence-corrected chi connectivity index (χ3v) is 2.15. The summed E-state index contributed by atoms with van der Waals surface area (Å²) in [6.45, 7) is 8.14. The van der Waals surface area contributed by atoms with Gasteiger partial charge in [0.2, 0.25) is 5.91 Å². The van der Waals surface area contributed by atoms with Crippen molar-refractivity contribution in [3.8, 4) is 0 Å². The molecule has 7 heteroatoms. The summed E-state index contributed by atoms with van der Waals surface area (Å²) in [5.41, 5.74) is -0.154. The average molecular weight is 279 g/mol. The number of rotatable bonds is 5. The molecule has 0 bridgehead atoms. The van der Waals surface area contributed by atoms with Crippen molar-refractivity contribution in [1.29, 1.82) is 0 Å². The van der Waals surface area contributed by atoms with E-state index in [0.29, 0.717) is 12.4 Å². The maximum atomic E-state index is 11.8. The fraction of sp³-hybridized carbons (Fsp3) is 0.538. The lowest BCUT2D eigenvalue weighted by molar-refractivity contribution is -0.121. The number of carbonyl (C=O) groups excluding carboxylic acids is 2. The van der Waals surface area contributed by atoms with Crippen LogP contribution in [0.15, 0.2) is 12.4 Å². The molecule has 0 unspecified atom stereocenters. The first-order valence-electron chi connectivity index (χ1n) is 6.47. The highest BCUT2D eigenvalue weighted by atomic mass is 16.2. The molecule has 3 N–H and O–H groups in total. The first-order chi connectivity index (χ1) is 9.31. The van der Waals surface area contributed by atoms with E-state index in [1.807, 2.05) is 27.7 Å². The van der Waals surface area contributed by atoms with E-state index < -0.39 is 5.91 Å². The van der Waals surface area contributed by atoms with Crippen LogP contribution in [0.25, 0.3) is 0 Å². The SMILES string of the molecule is CCNc1cncc(C(=O)NCC(=O)NC(C)(C)C)n1. The second-order valence-electron chi connectivity index (χ2n) is 5.30. The van der Waals surface area contributed by atoms with Crippen LogP contribution in [0.2, 0.25) is 0 Å². The van der Waals surface area contributed by atoms with Crippen molar-refractivity contribution in [2.75, 3.05) is 18.4 Å². The standard InChI is InChI=1S/C13H21N5O2/c1-5-15-10-7-14-6-9(17-10)12(20)16-8-11(19)18-13(2,3)4/h6-7H,5,8H2,1-4H3,(H,15,17)(H,16,20)(H,18,19). The van der Waals surface area contributed by atoms with Crippen LogP contribution >= 0.6 is 0 Å². The van der Waals surface area contributed by atoms with E-state index in [9.17, 15) is 9.59 Å². The number of aromatic nitrogens is 2. The van der Waals surface area contributed by atoms with Gasteiger partial charge in [-0.05, 0) is 27.7 Å². The summed E-state index contributed by atoms with van der Waals surface area (Å²) in [6, 6.07) is 0. The Labute approximate surface area is 118 Å². The first kappa shape index (κ1) is 15.9. The Bertz CT molecular complexity index is 482. The number of amides is 2. The van der Waals surface area contributed by atoms with Crippen molar-refractivity contribution in [3.63, 3.8) is 0 Å². The third kappa shape index (κ3) is 5.64. The molecule has 0 aromatic carbocycles. The van der Waals surface area contributed by atoms with Crippen LogP contribution in [-0.2, 0) is 4.79 Å². The average Bonchev–Trinajstić information content (AvgIpc) is 2.34. The van der Waals surface area contributed by atoms with Gasteiger partial charge in [-0.2, -0.15) is 0 Å². The lowest BCUT2D eigenvalue weighted by Gasteiger charge is -2.20. The van der Waals surface area contributed by atoms with Crippen LogP contribution < -0.4 is 16.0 Å². The van der Waals surface area contributed by atoms with Crippen molar-refractivity contribution in [2.24, 2.45) is 0 Å². The van der Waals surface area contributed by atoms with E-state index in [1.165, 1.54) is 12.4 Å². The Morgan fingerprint density at radius 3 is 2.55 bits per heavy atom. The van der Waals surface area contributed by atoms with Crippen LogP contribution in [0.4, 0.5) is 5.82 Å². The predicted octanol–water partition coefficient (Wildman–Crippen LogP) is 0.553. The molecule has 0 atom stereocenters. The summed E-state index contributed by atoms with van der Waals surface area (Å²) in [4.78, 5) is 31.5. The highest BCUT2D eigenvalue weighted by Crippen LogP contribution is 2.01. The first-order valence-corrected chi connectivity index (χ1v) is 6.47. The topological polar surface area (TPSA) is 96.0 Å². The number of carbonyl (C=O) groups is 2. The number of hydrogen-bond donors (Lipinski definition) is 3. The molecule has 1 aromatic heterocycles. The van der Waals surface area contributed by atoms with E-state index in [0.717, 1.165) is 0 Å². The summed E-state index contributed by atoms with van der Waals surface area (Å²) < 4.78 is 0.